The molecule has 1 aromatic carbocycles. The van der Waals surface area contributed by atoms with Crippen molar-refractivity contribution in [3.63, 3.8) is 0 Å². The fourth-order valence-corrected chi connectivity index (χ4v) is 1.98. The summed E-state index contributed by atoms with van der Waals surface area (Å²) in [6, 6.07) is 1.78. The molecule has 1 amide bonds. The van der Waals surface area contributed by atoms with E-state index in [1.165, 1.54) is 6.92 Å². The van der Waals surface area contributed by atoms with Crippen molar-refractivity contribution in [2.45, 2.75) is 39.2 Å². The lowest BCUT2D eigenvalue weighted by Gasteiger charge is -2.17. The van der Waals surface area contributed by atoms with E-state index in [4.69, 9.17) is 5.73 Å². The molecule has 1 rings (SSSR count). The van der Waals surface area contributed by atoms with Gasteiger partial charge in [0, 0.05) is 24.7 Å². The molecule has 0 aliphatic carbocycles. The standard InChI is InChI=1S/C14H20FN3O3/c1-3-4-5-10(8-16)17-14(19)12-7-11(18(20)21)6-9(2)13(12)15/h6-7,10H,3-5,8,16H2,1-2H3,(H,17,19). The van der Waals surface area contributed by atoms with Gasteiger partial charge in [-0.15, -0.1) is 0 Å². The van der Waals surface area contributed by atoms with Crippen molar-refractivity contribution in [3.8, 4) is 0 Å². The van der Waals surface area contributed by atoms with Crippen molar-refractivity contribution in [3.05, 3.63) is 39.2 Å². The lowest BCUT2D eigenvalue weighted by molar-refractivity contribution is -0.385. The number of unbranched alkanes of at least 4 members (excludes halogenated alkanes) is 1. The maximum Gasteiger partial charge on any atom is 0.270 e. The summed E-state index contributed by atoms with van der Waals surface area (Å²) in [5, 5.41) is 13.4. The molecule has 0 aliphatic rings. The highest BCUT2D eigenvalue weighted by atomic mass is 19.1. The first-order valence-electron chi connectivity index (χ1n) is 6.86. The van der Waals surface area contributed by atoms with Crippen molar-refractivity contribution in [1.82, 2.24) is 5.32 Å². The van der Waals surface area contributed by atoms with Crippen LogP contribution in [-0.2, 0) is 0 Å². The van der Waals surface area contributed by atoms with Crippen LogP contribution in [0.15, 0.2) is 12.1 Å². The minimum absolute atomic E-state index is 0.0622. The molecular formula is C14H20FN3O3. The largest absolute Gasteiger partial charge is 0.348 e. The Hall–Kier alpha value is -2.02. The normalized spacial score (nSPS) is 12.0. The zero-order chi connectivity index (χ0) is 16.0. The number of rotatable bonds is 7. The van der Waals surface area contributed by atoms with Crippen LogP contribution >= 0.6 is 0 Å². The van der Waals surface area contributed by atoms with Gasteiger partial charge < -0.3 is 11.1 Å². The second kappa shape index (κ2) is 7.68. The van der Waals surface area contributed by atoms with E-state index in [-0.39, 0.29) is 29.4 Å². The van der Waals surface area contributed by atoms with Gasteiger partial charge in [0.1, 0.15) is 5.82 Å². The molecule has 0 spiro atoms. The number of non-ortho nitro benzene ring substituents is 1. The van der Waals surface area contributed by atoms with Gasteiger partial charge in [-0.2, -0.15) is 0 Å². The Morgan fingerprint density at radius 3 is 2.71 bits per heavy atom. The second-order valence-corrected chi connectivity index (χ2v) is 4.93. The smallest absolute Gasteiger partial charge is 0.270 e. The SMILES string of the molecule is CCCCC(CN)NC(=O)c1cc([N+](=O)[O-])cc(C)c1F. The van der Waals surface area contributed by atoms with Crippen LogP contribution in [0.25, 0.3) is 0 Å². The number of nitrogens with zero attached hydrogens (tertiary/aromatic N) is 1. The summed E-state index contributed by atoms with van der Waals surface area (Å²) in [5.41, 5.74) is 5.00. The van der Waals surface area contributed by atoms with Gasteiger partial charge in [-0.25, -0.2) is 4.39 Å². The number of nitrogens with one attached hydrogen (secondary N) is 1. The Morgan fingerprint density at radius 2 is 2.19 bits per heavy atom. The molecule has 1 aromatic rings. The van der Waals surface area contributed by atoms with Crippen LogP contribution in [0.4, 0.5) is 10.1 Å². The third-order valence-corrected chi connectivity index (χ3v) is 3.22. The number of amides is 1. The molecule has 0 heterocycles. The van der Waals surface area contributed by atoms with Crippen LogP contribution in [0.3, 0.4) is 0 Å². The number of nitro groups is 1. The van der Waals surface area contributed by atoms with Gasteiger partial charge in [-0.1, -0.05) is 19.8 Å². The maximum atomic E-state index is 14.0. The zero-order valence-corrected chi connectivity index (χ0v) is 12.2. The summed E-state index contributed by atoms with van der Waals surface area (Å²) in [5.74, 6) is -1.42. The van der Waals surface area contributed by atoms with Crippen molar-refractivity contribution >= 4 is 11.6 Å². The summed E-state index contributed by atoms with van der Waals surface area (Å²) >= 11 is 0. The molecule has 0 aliphatic heterocycles. The number of nitro benzene ring substituents is 1. The van der Waals surface area contributed by atoms with E-state index in [2.05, 4.69) is 5.32 Å². The van der Waals surface area contributed by atoms with Gasteiger partial charge in [0.25, 0.3) is 11.6 Å². The molecule has 1 unspecified atom stereocenters. The highest BCUT2D eigenvalue weighted by molar-refractivity contribution is 5.95. The summed E-state index contributed by atoms with van der Waals surface area (Å²) in [4.78, 5) is 22.2. The molecule has 0 saturated carbocycles. The van der Waals surface area contributed by atoms with Crippen LogP contribution in [-0.4, -0.2) is 23.4 Å². The lowest BCUT2D eigenvalue weighted by Crippen LogP contribution is -2.40. The van der Waals surface area contributed by atoms with Crippen molar-refractivity contribution < 1.29 is 14.1 Å². The van der Waals surface area contributed by atoms with E-state index >= 15 is 0 Å². The third-order valence-electron chi connectivity index (χ3n) is 3.22. The van der Waals surface area contributed by atoms with Gasteiger partial charge >= 0.3 is 0 Å². The molecule has 0 radical (unpaired) electrons. The predicted octanol–water partition coefficient (Wildman–Crippen LogP) is 2.29. The Balaban J connectivity index is 2.98. The summed E-state index contributed by atoms with van der Waals surface area (Å²) in [6.45, 7) is 3.64. The minimum Gasteiger partial charge on any atom is -0.348 e. The van der Waals surface area contributed by atoms with E-state index in [1.807, 2.05) is 6.92 Å². The molecule has 0 saturated heterocycles. The number of carbonyl (C=O) groups excluding carboxylic acids is 1. The predicted molar refractivity (Wildman–Crippen MR) is 77.6 cm³/mol. The summed E-state index contributed by atoms with van der Waals surface area (Å²) in [6.07, 6.45) is 2.53. The third kappa shape index (κ3) is 4.49. The fourth-order valence-electron chi connectivity index (χ4n) is 1.98. The fraction of sp³-hybridized carbons (Fsp3) is 0.500. The van der Waals surface area contributed by atoms with E-state index in [1.54, 1.807) is 0 Å². The van der Waals surface area contributed by atoms with Crippen LogP contribution in [0.1, 0.15) is 42.1 Å². The van der Waals surface area contributed by atoms with Gasteiger partial charge in [0.15, 0.2) is 0 Å². The number of halogens is 1. The number of hydrogen-bond donors (Lipinski definition) is 2. The van der Waals surface area contributed by atoms with Gasteiger partial charge in [0.05, 0.1) is 10.5 Å². The Labute approximate surface area is 122 Å². The molecule has 0 fully saturated rings. The molecule has 6 nitrogen and oxygen atoms in total. The van der Waals surface area contributed by atoms with Gasteiger partial charge in [0.2, 0.25) is 0 Å². The molecular weight excluding hydrogens is 277 g/mol. The first-order chi connectivity index (χ1) is 9.90. The van der Waals surface area contributed by atoms with E-state index in [9.17, 15) is 19.3 Å². The monoisotopic (exact) mass is 297 g/mol. The topological polar surface area (TPSA) is 98.3 Å². The maximum absolute atomic E-state index is 14.0. The molecule has 116 valence electrons. The number of carbonyl (C=O) groups is 1. The Morgan fingerprint density at radius 1 is 1.52 bits per heavy atom. The lowest BCUT2D eigenvalue weighted by atomic mass is 10.1. The van der Waals surface area contributed by atoms with Crippen LogP contribution < -0.4 is 11.1 Å². The zero-order valence-electron chi connectivity index (χ0n) is 12.2. The van der Waals surface area contributed by atoms with Crippen molar-refractivity contribution in [1.29, 1.82) is 0 Å². The summed E-state index contributed by atoms with van der Waals surface area (Å²) in [7, 11) is 0. The summed E-state index contributed by atoms with van der Waals surface area (Å²) < 4.78 is 14.0. The number of hydrogen-bond acceptors (Lipinski definition) is 4. The number of aryl methyl sites for hydroxylation is 1. The second-order valence-electron chi connectivity index (χ2n) is 4.93. The minimum atomic E-state index is -0.746. The highest BCUT2D eigenvalue weighted by Crippen LogP contribution is 2.21. The van der Waals surface area contributed by atoms with Gasteiger partial charge in [-0.05, 0) is 18.9 Å². The van der Waals surface area contributed by atoms with Crippen LogP contribution in [0.2, 0.25) is 0 Å². The van der Waals surface area contributed by atoms with Crippen molar-refractivity contribution in [2.24, 2.45) is 5.73 Å². The molecule has 3 N–H and O–H groups in total. The van der Waals surface area contributed by atoms with E-state index < -0.39 is 16.6 Å². The molecule has 0 bridgehead atoms. The molecule has 21 heavy (non-hydrogen) atoms. The van der Waals surface area contributed by atoms with Gasteiger partial charge in [-0.3, -0.25) is 14.9 Å². The number of benzene rings is 1. The Bertz CT molecular complexity index is 534. The van der Waals surface area contributed by atoms with Crippen LogP contribution in [0, 0.1) is 22.9 Å². The first-order valence-corrected chi connectivity index (χ1v) is 6.86. The van der Waals surface area contributed by atoms with Crippen molar-refractivity contribution in [2.75, 3.05) is 6.54 Å². The molecule has 0 aromatic heterocycles. The highest BCUT2D eigenvalue weighted by Gasteiger charge is 2.21. The average Bonchev–Trinajstić information content (AvgIpc) is 2.45. The average molecular weight is 297 g/mol. The quantitative estimate of drug-likeness (QED) is 0.596. The van der Waals surface area contributed by atoms with Crippen LogP contribution in [0.5, 0.6) is 0 Å². The molecule has 1 atom stereocenters. The van der Waals surface area contributed by atoms with E-state index in [0.29, 0.717) is 6.42 Å². The Kier molecular flexibility index (Phi) is 6.23. The number of nitrogens with two attached hydrogens (primary N) is 1. The first kappa shape index (κ1) is 17.0. The molecule has 7 heteroatoms. The van der Waals surface area contributed by atoms with E-state index in [0.717, 1.165) is 25.0 Å².